The highest BCUT2D eigenvalue weighted by molar-refractivity contribution is 9.10. The number of carbonyl (C=O) groups is 1. The van der Waals surface area contributed by atoms with Gasteiger partial charge in [0.05, 0.1) is 5.02 Å². The topological polar surface area (TPSA) is 29.5 Å². The van der Waals surface area contributed by atoms with Gasteiger partial charge in [-0.15, -0.1) is 0 Å². The first-order valence-corrected chi connectivity index (χ1v) is 7.69. The third-order valence-corrected chi connectivity index (χ3v) is 3.79. The van der Waals surface area contributed by atoms with E-state index in [0.717, 1.165) is 10.0 Å². The van der Waals surface area contributed by atoms with E-state index in [-0.39, 0.29) is 18.3 Å². The van der Waals surface area contributed by atoms with E-state index in [0.29, 0.717) is 17.3 Å². The molecule has 2 aromatic carbocycles. The number of amides is 1. The fraction of sp³-hybridized carbons (Fsp3) is 0.188. The van der Waals surface area contributed by atoms with Crippen molar-refractivity contribution in [2.45, 2.75) is 6.54 Å². The molecule has 2 rings (SSSR count). The Morgan fingerprint density at radius 3 is 2.59 bits per heavy atom. The maximum atomic E-state index is 12.8. The Labute approximate surface area is 141 Å². The minimum atomic E-state index is -0.300. The van der Waals surface area contributed by atoms with Gasteiger partial charge < -0.3 is 9.64 Å². The molecule has 0 aliphatic carbocycles. The molecular formula is C16H14BrClFNO2. The SMILES string of the molecule is CN(Cc1ccc(F)cc1)C(=O)COc1ccc(Br)cc1Cl. The van der Waals surface area contributed by atoms with Crippen LogP contribution in [0.15, 0.2) is 46.9 Å². The van der Waals surface area contributed by atoms with Gasteiger partial charge in [-0.2, -0.15) is 0 Å². The summed E-state index contributed by atoms with van der Waals surface area (Å²) in [4.78, 5) is 13.6. The second-order valence-electron chi connectivity index (χ2n) is 4.74. The van der Waals surface area contributed by atoms with E-state index >= 15 is 0 Å². The van der Waals surface area contributed by atoms with Gasteiger partial charge in [0.1, 0.15) is 11.6 Å². The van der Waals surface area contributed by atoms with Gasteiger partial charge in [-0.25, -0.2) is 4.39 Å². The third-order valence-electron chi connectivity index (χ3n) is 3.00. The molecule has 22 heavy (non-hydrogen) atoms. The minimum Gasteiger partial charge on any atom is -0.482 e. The average molecular weight is 387 g/mol. The standard InChI is InChI=1S/C16H14BrClFNO2/c1-20(9-11-2-5-13(19)6-3-11)16(21)10-22-15-7-4-12(17)8-14(15)18/h2-8H,9-10H2,1H3. The van der Waals surface area contributed by atoms with E-state index in [2.05, 4.69) is 15.9 Å². The van der Waals surface area contributed by atoms with E-state index in [9.17, 15) is 9.18 Å². The summed E-state index contributed by atoms with van der Waals surface area (Å²) in [5, 5.41) is 0.434. The molecular weight excluding hydrogens is 373 g/mol. The maximum Gasteiger partial charge on any atom is 0.260 e. The summed E-state index contributed by atoms with van der Waals surface area (Å²) in [7, 11) is 1.66. The number of nitrogens with zero attached hydrogens (tertiary/aromatic N) is 1. The molecule has 0 unspecified atom stereocenters. The first-order valence-electron chi connectivity index (χ1n) is 6.52. The molecule has 0 aromatic heterocycles. The highest BCUT2D eigenvalue weighted by Gasteiger charge is 2.11. The van der Waals surface area contributed by atoms with Crippen molar-refractivity contribution >= 4 is 33.4 Å². The first kappa shape index (κ1) is 16.8. The van der Waals surface area contributed by atoms with Crippen LogP contribution < -0.4 is 4.74 Å². The molecule has 6 heteroatoms. The molecule has 0 atom stereocenters. The van der Waals surface area contributed by atoms with E-state index in [1.54, 1.807) is 37.4 Å². The monoisotopic (exact) mass is 385 g/mol. The van der Waals surface area contributed by atoms with Crippen LogP contribution >= 0.6 is 27.5 Å². The number of halogens is 3. The van der Waals surface area contributed by atoms with Crippen LogP contribution in [0.2, 0.25) is 5.02 Å². The molecule has 0 spiro atoms. The van der Waals surface area contributed by atoms with E-state index in [4.69, 9.17) is 16.3 Å². The van der Waals surface area contributed by atoms with E-state index in [1.807, 2.05) is 0 Å². The number of hydrogen-bond donors (Lipinski definition) is 0. The van der Waals surface area contributed by atoms with Gasteiger partial charge in [-0.1, -0.05) is 39.7 Å². The zero-order valence-electron chi connectivity index (χ0n) is 11.9. The van der Waals surface area contributed by atoms with Crippen LogP contribution in [0.25, 0.3) is 0 Å². The lowest BCUT2D eigenvalue weighted by Gasteiger charge is -2.18. The van der Waals surface area contributed by atoms with Gasteiger partial charge in [0.15, 0.2) is 6.61 Å². The van der Waals surface area contributed by atoms with Crippen molar-refractivity contribution in [1.82, 2.24) is 4.90 Å². The maximum absolute atomic E-state index is 12.8. The van der Waals surface area contributed by atoms with Gasteiger partial charge in [0.25, 0.3) is 5.91 Å². The third kappa shape index (κ3) is 4.71. The summed E-state index contributed by atoms with van der Waals surface area (Å²) in [5.74, 6) is -0.0392. The van der Waals surface area contributed by atoms with Crippen molar-refractivity contribution in [2.75, 3.05) is 13.7 Å². The Morgan fingerprint density at radius 2 is 1.95 bits per heavy atom. The number of hydrogen-bond acceptors (Lipinski definition) is 2. The minimum absolute atomic E-state index is 0.112. The summed E-state index contributed by atoms with van der Waals surface area (Å²) < 4.78 is 19.1. The summed E-state index contributed by atoms with van der Waals surface area (Å²) in [5.41, 5.74) is 0.846. The summed E-state index contributed by atoms with van der Waals surface area (Å²) in [6, 6.07) is 11.2. The lowest BCUT2D eigenvalue weighted by atomic mass is 10.2. The molecule has 0 saturated carbocycles. The van der Waals surface area contributed by atoms with Crippen LogP contribution in [0, 0.1) is 5.82 Å². The molecule has 2 aromatic rings. The molecule has 0 bridgehead atoms. The molecule has 0 saturated heterocycles. The average Bonchev–Trinajstić information content (AvgIpc) is 2.48. The molecule has 0 heterocycles. The number of benzene rings is 2. The van der Waals surface area contributed by atoms with Crippen LogP contribution in [0.1, 0.15) is 5.56 Å². The number of likely N-dealkylation sites (N-methyl/N-ethyl adjacent to an activating group) is 1. The summed E-state index contributed by atoms with van der Waals surface area (Å²) >= 11 is 9.32. The van der Waals surface area contributed by atoms with Crippen molar-refractivity contribution in [3.05, 3.63) is 63.3 Å². The fourth-order valence-electron chi connectivity index (χ4n) is 1.79. The van der Waals surface area contributed by atoms with Gasteiger partial charge in [0.2, 0.25) is 0 Å². The summed E-state index contributed by atoms with van der Waals surface area (Å²) in [6.45, 7) is 0.273. The summed E-state index contributed by atoms with van der Waals surface area (Å²) in [6.07, 6.45) is 0. The van der Waals surface area contributed by atoms with E-state index in [1.165, 1.54) is 17.0 Å². The molecule has 0 aliphatic rings. The first-order chi connectivity index (χ1) is 10.5. The van der Waals surface area contributed by atoms with Gasteiger partial charge in [-0.3, -0.25) is 4.79 Å². The van der Waals surface area contributed by atoms with Crippen molar-refractivity contribution < 1.29 is 13.9 Å². The second-order valence-corrected chi connectivity index (χ2v) is 6.06. The van der Waals surface area contributed by atoms with Crippen molar-refractivity contribution in [3.63, 3.8) is 0 Å². The fourth-order valence-corrected chi connectivity index (χ4v) is 2.52. The van der Waals surface area contributed by atoms with Crippen LogP contribution in [0.3, 0.4) is 0 Å². The predicted molar refractivity (Wildman–Crippen MR) is 87.5 cm³/mol. The predicted octanol–water partition coefficient (Wildman–Crippen LogP) is 4.28. The lowest BCUT2D eigenvalue weighted by molar-refractivity contribution is -0.132. The lowest BCUT2D eigenvalue weighted by Crippen LogP contribution is -2.31. The van der Waals surface area contributed by atoms with Crippen LogP contribution in [-0.2, 0) is 11.3 Å². The number of carbonyl (C=O) groups excluding carboxylic acids is 1. The Morgan fingerprint density at radius 1 is 1.27 bits per heavy atom. The zero-order chi connectivity index (χ0) is 16.1. The van der Waals surface area contributed by atoms with E-state index < -0.39 is 0 Å². The van der Waals surface area contributed by atoms with Crippen LogP contribution in [0.5, 0.6) is 5.75 Å². The Kier molecular flexibility index (Phi) is 5.80. The number of ether oxygens (including phenoxy) is 1. The largest absolute Gasteiger partial charge is 0.482 e. The highest BCUT2D eigenvalue weighted by Crippen LogP contribution is 2.27. The molecule has 0 fully saturated rings. The molecule has 0 aliphatic heterocycles. The van der Waals surface area contributed by atoms with Gasteiger partial charge in [-0.05, 0) is 35.9 Å². The normalized spacial score (nSPS) is 10.4. The molecule has 3 nitrogen and oxygen atoms in total. The number of rotatable bonds is 5. The highest BCUT2D eigenvalue weighted by atomic mass is 79.9. The quantitative estimate of drug-likeness (QED) is 0.767. The van der Waals surface area contributed by atoms with Crippen molar-refractivity contribution in [1.29, 1.82) is 0 Å². The van der Waals surface area contributed by atoms with Gasteiger partial charge >= 0.3 is 0 Å². The molecule has 1 amide bonds. The van der Waals surface area contributed by atoms with Crippen molar-refractivity contribution in [3.8, 4) is 5.75 Å². The molecule has 116 valence electrons. The van der Waals surface area contributed by atoms with Crippen molar-refractivity contribution in [2.24, 2.45) is 0 Å². The smallest absolute Gasteiger partial charge is 0.260 e. The van der Waals surface area contributed by atoms with Gasteiger partial charge in [0, 0.05) is 18.1 Å². The molecule has 0 radical (unpaired) electrons. The second kappa shape index (κ2) is 7.61. The Hall–Kier alpha value is -1.59. The molecule has 0 N–H and O–H groups in total. The van der Waals surface area contributed by atoms with Crippen LogP contribution in [-0.4, -0.2) is 24.5 Å². The zero-order valence-corrected chi connectivity index (χ0v) is 14.2. The Balaban J connectivity index is 1.89. The Bertz CT molecular complexity index is 664. The van der Waals surface area contributed by atoms with Crippen LogP contribution in [0.4, 0.5) is 4.39 Å².